The van der Waals surface area contributed by atoms with E-state index in [1.807, 2.05) is 26.0 Å². The summed E-state index contributed by atoms with van der Waals surface area (Å²) in [5.41, 5.74) is 2.10. The van der Waals surface area contributed by atoms with Crippen molar-refractivity contribution in [2.45, 2.75) is 20.3 Å². The first-order valence-electron chi connectivity index (χ1n) is 7.01. The van der Waals surface area contributed by atoms with Crippen LogP contribution in [0.5, 0.6) is 0 Å². The summed E-state index contributed by atoms with van der Waals surface area (Å²) >= 11 is 0. The van der Waals surface area contributed by atoms with Crippen molar-refractivity contribution >= 4 is 17.3 Å². The van der Waals surface area contributed by atoms with Gasteiger partial charge in [0.05, 0.1) is 0 Å². The minimum absolute atomic E-state index is 0.0879. The molecule has 0 unspecified atom stereocenters. The van der Waals surface area contributed by atoms with Crippen LogP contribution < -0.4 is 15.5 Å². The van der Waals surface area contributed by atoms with Gasteiger partial charge in [-0.25, -0.2) is 0 Å². The maximum absolute atomic E-state index is 11.7. The lowest BCUT2D eigenvalue weighted by Crippen LogP contribution is -2.43. The second kappa shape index (κ2) is 6.57. The summed E-state index contributed by atoms with van der Waals surface area (Å²) in [5, 5.41) is 6.28. The second-order valence-electron chi connectivity index (χ2n) is 5.43. The Morgan fingerprint density at radius 3 is 2.47 bits per heavy atom. The molecule has 19 heavy (non-hydrogen) atoms. The highest BCUT2D eigenvalue weighted by Crippen LogP contribution is 2.18. The van der Waals surface area contributed by atoms with Crippen molar-refractivity contribution in [1.29, 1.82) is 0 Å². The highest BCUT2D eigenvalue weighted by molar-refractivity contribution is 5.90. The van der Waals surface area contributed by atoms with Gasteiger partial charge in [0.1, 0.15) is 0 Å². The van der Waals surface area contributed by atoms with Gasteiger partial charge < -0.3 is 15.5 Å². The van der Waals surface area contributed by atoms with Crippen molar-refractivity contribution in [2.24, 2.45) is 5.92 Å². The highest BCUT2D eigenvalue weighted by Gasteiger charge is 2.10. The summed E-state index contributed by atoms with van der Waals surface area (Å²) in [5.74, 6) is 0.477. The average molecular weight is 261 g/mol. The first-order valence-corrected chi connectivity index (χ1v) is 7.01. The second-order valence-corrected chi connectivity index (χ2v) is 5.43. The number of amides is 1. The van der Waals surface area contributed by atoms with Crippen LogP contribution in [0.15, 0.2) is 24.3 Å². The van der Waals surface area contributed by atoms with Gasteiger partial charge >= 0.3 is 0 Å². The average Bonchev–Trinajstić information content (AvgIpc) is 2.39. The summed E-state index contributed by atoms with van der Waals surface area (Å²) in [4.78, 5) is 14.0. The first-order chi connectivity index (χ1) is 9.15. The van der Waals surface area contributed by atoms with Crippen LogP contribution in [-0.2, 0) is 4.79 Å². The van der Waals surface area contributed by atoms with E-state index in [4.69, 9.17) is 0 Å². The molecule has 1 amide bonds. The zero-order valence-corrected chi connectivity index (χ0v) is 11.8. The molecule has 1 saturated heterocycles. The number of piperazine rings is 1. The van der Waals surface area contributed by atoms with Crippen molar-refractivity contribution < 1.29 is 4.79 Å². The number of nitrogens with zero attached hydrogens (tertiary/aromatic N) is 1. The Bertz CT molecular complexity index is 408. The zero-order valence-electron chi connectivity index (χ0n) is 11.8. The van der Waals surface area contributed by atoms with E-state index < -0.39 is 0 Å². The Hall–Kier alpha value is -1.55. The molecule has 104 valence electrons. The topological polar surface area (TPSA) is 44.4 Å². The number of anilines is 2. The van der Waals surface area contributed by atoms with Gasteiger partial charge in [0.25, 0.3) is 0 Å². The van der Waals surface area contributed by atoms with E-state index in [9.17, 15) is 4.79 Å². The van der Waals surface area contributed by atoms with Crippen LogP contribution in [0.2, 0.25) is 0 Å². The smallest absolute Gasteiger partial charge is 0.224 e. The van der Waals surface area contributed by atoms with Crippen LogP contribution in [-0.4, -0.2) is 32.1 Å². The number of benzene rings is 1. The van der Waals surface area contributed by atoms with Crippen LogP contribution in [0.3, 0.4) is 0 Å². The van der Waals surface area contributed by atoms with Gasteiger partial charge in [-0.3, -0.25) is 4.79 Å². The Balaban J connectivity index is 1.92. The van der Waals surface area contributed by atoms with Crippen molar-refractivity contribution in [1.82, 2.24) is 5.32 Å². The fourth-order valence-electron chi connectivity index (χ4n) is 2.26. The molecular formula is C15H23N3O. The Kier molecular flexibility index (Phi) is 4.80. The molecule has 1 heterocycles. The molecule has 0 bridgehead atoms. The highest BCUT2D eigenvalue weighted by atomic mass is 16.1. The third-order valence-electron chi connectivity index (χ3n) is 3.23. The number of rotatable bonds is 4. The monoisotopic (exact) mass is 261 g/mol. The Morgan fingerprint density at radius 1 is 1.26 bits per heavy atom. The number of hydrogen-bond acceptors (Lipinski definition) is 3. The van der Waals surface area contributed by atoms with E-state index in [0.29, 0.717) is 12.3 Å². The molecule has 2 rings (SSSR count). The standard InChI is InChI=1S/C15H23N3O/c1-12(2)11-15(19)17-13-3-5-14(6-4-13)18-9-7-16-8-10-18/h3-6,12,16H,7-11H2,1-2H3,(H,17,19). The summed E-state index contributed by atoms with van der Waals surface area (Å²) < 4.78 is 0. The van der Waals surface area contributed by atoms with Crippen molar-refractivity contribution in [2.75, 3.05) is 36.4 Å². The molecule has 0 radical (unpaired) electrons. The number of carbonyl (C=O) groups excluding carboxylic acids is 1. The van der Waals surface area contributed by atoms with Crippen molar-refractivity contribution in [3.05, 3.63) is 24.3 Å². The summed E-state index contributed by atoms with van der Waals surface area (Å²) in [7, 11) is 0. The lowest BCUT2D eigenvalue weighted by atomic mass is 10.1. The number of nitrogens with one attached hydrogen (secondary N) is 2. The van der Waals surface area contributed by atoms with E-state index in [1.54, 1.807) is 0 Å². The molecule has 1 fully saturated rings. The molecule has 0 spiro atoms. The van der Waals surface area contributed by atoms with Crippen LogP contribution >= 0.6 is 0 Å². The van der Waals surface area contributed by atoms with Gasteiger partial charge in [-0.05, 0) is 30.2 Å². The van der Waals surface area contributed by atoms with Crippen molar-refractivity contribution in [3.63, 3.8) is 0 Å². The van der Waals surface area contributed by atoms with E-state index in [2.05, 4.69) is 27.7 Å². The van der Waals surface area contributed by atoms with Crippen LogP contribution in [0.4, 0.5) is 11.4 Å². The lowest BCUT2D eigenvalue weighted by Gasteiger charge is -2.29. The Labute approximate surface area is 115 Å². The molecular weight excluding hydrogens is 238 g/mol. The van der Waals surface area contributed by atoms with E-state index in [0.717, 1.165) is 31.9 Å². The molecule has 1 aliphatic heterocycles. The van der Waals surface area contributed by atoms with Crippen molar-refractivity contribution in [3.8, 4) is 0 Å². The Morgan fingerprint density at radius 2 is 1.89 bits per heavy atom. The minimum atomic E-state index is 0.0879. The lowest BCUT2D eigenvalue weighted by molar-refractivity contribution is -0.116. The zero-order chi connectivity index (χ0) is 13.7. The maximum Gasteiger partial charge on any atom is 0.224 e. The number of hydrogen-bond donors (Lipinski definition) is 2. The van der Waals surface area contributed by atoms with Gasteiger partial charge in [-0.2, -0.15) is 0 Å². The van der Waals surface area contributed by atoms with Gasteiger partial charge in [0.15, 0.2) is 0 Å². The molecule has 4 heteroatoms. The molecule has 1 aliphatic rings. The molecule has 0 atom stereocenters. The van der Waals surface area contributed by atoms with Crippen LogP contribution in [0, 0.1) is 5.92 Å². The van der Waals surface area contributed by atoms with Gasteiger partial charge in [-0.1, -0.05) is 13.8 Å². The third kappa shape index (κ3) is 4.24. The van der Waals surface area contributed by atoms with Gasteiger partial charge in [0.2, 0.25) is 5.91 Å². The summed E-state index contributed by atoms with van der Waals surface area (Å²) in [6.07, 6.45) is 0.569. The predicted octanol–water partition coefficient (Wildman–Crippen LogP) is 2.08. The molecule has 0 aliphatic carbocycles. The number of carbonyl (C=O) groups is 1. The first kappa shape index (κ1) is 13.9. The molecule has 1 aromatic rings. The molecule has 1 aromatic carbocycles. The van der Waals surface area contributed by atoms with E-state index in [1.165, 1.54) is 5.69 Å². The van der Waals surface area contributed by atoms with E-state index >= 15 is 0 Å². The normalized spacial score (nSPS) is 15.6. The fraction of sp³-hybridized carbons (Fsp3) is 0.533. The summed E-state index contributed by atoms with van der Waals surface area (Å²) in [6, 6.07) is 8.12. The largest absolute Gasteiger partial charge is 0.369 e. The molecule has 0 aromatic heterocycles. The van der Waals surface area contributed by atoms with Crippen LogP contribution in [0.25, 0.3) is 0 Å². The molecule has 0 saturated carbocycles. The van der Waals surface area contributed by atoms with Gasteiger partial charge in [-0.15, -0.1) is 0 Å². The molecule has 2 N–H and O–H groups in total. The van der Waals surface area contributed by atoms with Gasteiger partial charge in [0, 0.05) is 44.0 Å². The third-order valence-corrected chi connectivity index (χ3v) is 3.23. The summed E-state index contributed by atoms with van der Waals surface area (Å²) in [6.45, 7) is 8.25. The van der Waals surface area contributed by atoms with E-state index in [-0.39, 0.29) is 5.91 Å². The maximum atomic E-state index is 11.7. The predicted molar refractivity (Wildman–Crippen MR) is 79.6 cm³/mol. The molecule has 4 nitrogen and oxygen atoms in total. The SMILES string of the molecule is CC(C)CC(=O)Nc1ccc(N2CCNCC2)cc1. The minimum Gasteiger partial charge on any atom is -0.369 e. The van der Waals surface area contributed by atoms with Crippen LogP contribution in [0.1, 0.15) is 20.3 Å². The fourth-order valence-corrected chi connectivity index (χ4v) is 2.26. The quantitative estimate of drug-likeness (QED) is 0.872.